The number of hydrogen-bond donors (Lipinski definition) is 3. The maximum absolute atomic E-state index is 13.8. The third-order valence-electron chi connectivity index (χ3n) is 6.60. The van der Waals surface area contributed by atoms with Crippen LogP contribution in [-0.2, 0) is 11.3 Å². The van der Waals surface area contributed by atoms with Crippen molar-refractivity contribution in [3.8, 4) is 5.75 Å². The fourth-order valence-corrected chi connectivity index (χ4v) is 4.06. The van der Waals surface area contributed by atoms with Crippen LogP contribution in [0.3, 0.4) is 0 Å². The third kappa shape index (κ3) is 7.78. The van der Waals surface area contributed by atoms with Crippen molar-refractivity contribution in [1.82, 2.24) is 10.6 Å². The summed E-state index contributed by atoms with van der Waals surface area (Å²) in [4.78, 5) is 38.3. The molecule has 2 aromatic rings. The van der Waals surface area contributed by atoms with Crippen LogP contribution in [0.25, 0.3) is 0 Å². The van der Waals surface area contributed by atoms with Crippen LogP contribution in [0.1, 0.15) is 59.9 Å². The lowest BCUT2D eigenvalue weighted by molar-refractivity contribution is -0.151. The molecule has 0 radical (unpaired) electrons. The minimum Gasteiger partial charge on any atom is -0.487 e. The summed E-state index contributed by atoms with van der Waals surface area (Å²) >= 11 is 12.6. The smallest absolute Gasteiger partial charge is 0.272 e. The molecular weight excluding hydrogens is 577 g/mol. The predicted molar refractivity (Wildman–Crippen MR) is 144 cm³/mol. The topological polar surface area (TPSA) is 96.5 Å². The Morgan fingerprint density at radius 3 is 2.30 bits per heavy atom. The number of ether oxygens (including phenoxy) is 1. The van der Waals surface area contributed by atoms with Gasteiger partial charge in [-0.15, -0.1) is 0 Å². The Morgan fingerprint density at radius 1 is 1.02 bits per heavy atom. The molecule has 0 bridgehead atoms. The lowest BCUT2D eigenvalue weighted by Gasteiger charge is -2.29. The van der Waals surface area contributed by atoms with Crippen LogP contribution < -0.4 is 20.7 Å². The summed E-state index contributed by atoms with van der Waals surface area (Å²) in [5.41, 5.74) is -1.84. The van der Waals surface area contributed by atoms with E-state index >= 15 is 0 Å². The molecule has 0 aliphatic heterocycles. The monoisotopic (exact) mass is 605 g/mol. The molecule has 1 fully saturated rings. The van der Waals surface area contributed by atoms with Crippen LogP contribution in [0.5, 0.6) is 5.75 Å². The van der Waals surface area contributed by atoms with E-state index in [0.29, 0.717) is 19.4 Å². The number of carbonyl (C=O) groups excluding carboxylic acids is 3. The zero-order valence-corrected chi connectivity index (χ0v) is 23.5. The normalized spacial score (nSPS) is 13.7. The number of alkyl halides is 4. The van der Waals surface area contributed by atoms with Crippen LogP contribution in [0, 0.1) is 11.3 Å². The van der Waals surface area contributed by atoms with Gasteiger partial charge in [0.05, 0.1) is 21.2 Å². The van der Waals surface area contributed by atoms with Gasteiger partial charge in [0.1, 0.15) is 17.8 Å². The van der Waals surface area contributed by atoms with Gasteiger partial charge in [-0.1, -0.05) is 29.3 Å². The van der Waals surface area contributed by atoms with Gasteiger partial charge in [-0.05, 0) is 62.4 Å². The maximum Gasteiger partial charge on any atom is 0.272 e. The highest BCUT2D eigenvalue weighted by Crippen LogP contribution is 2.36. The first kappa shape index (κ1) is 31.5. The predicted octanol–water partition coefficient (Wildman–Crippen LogP) is 6.33. The number of halogens is 6. The molecule has 0 unspecified atom stereocenters. The van der Waals surface area contributed by atoms with Crippen LogP contribution >= 0.6 is 23.2 Å². The Morgan fingerprint density at radius 2 is 1.70 bits per heavy atom. The molecule has 3 N–H and O–H groups in total. The number of carbonyl (C=O) groups is 3. The Bertz CT molecular complexity index is 1280. The third-order valence-corrected chi connectivity index (χ3v) is 7.34. The zero-order valence-electron chi connectivity index (χ0n) is 22.0. The van der Waals surface area contributed by atoms with Gasteiger partial charge in [-0.2, -0.15) is 0 Å². The minimum absolute atomic E-state index is 0.0303. The lowest BCUT2D eigenvalue weighted by Crippen LogP contribution is -2.47. The van der Waals surface area contributed by atoms with Gasteiger partial charge in [-0.25, -0.2) is 17.6 Å². The van der Waals surface area contributed by atoms with Crippen LogP contribution in [0.15, 0.2) is 30.3 Å². The first-order valence-corrected chi connectivity index (χ1v) is 13.1. The first-order valence-electron chi connectivity index (χ1n) is 12.4. The standard InChI is InChI=1S/C27H29Cl2F4N3O4/c1-26(2,27(3,32)33)25(39)35-12-15-6-8-18(28)21(22(15)29)24(38)36-16-7-9-19(40-13-20(30)31)17(10-16)23(37)34-11-14-4-5-14/h6-10,14,20H,4-5,11-13H2,1-3H3,(H,34,37)(H,35,39)(H,36,38). The van der Waals surface area contributed by atoms with E-state index in [4.69, 9.17) is 27.9 Å². The highest BCUT2D eigenvalue weighted by molar-refractivity contribution is 6.40. The molecule has 0 spiro atoms. The van der Waals surface area contributed by atoms with Crippen molar-refractivity contribution in [3.63, 3.8) is 0 Å². The zero-order chi connectivity index (χ0) is 29.8. The molecule has 0 heterocycles. The van der Waals surface area contributed by atoms with Crippen molar-refractivity contribution in [3.05, 3.63) is 57.1 Å². The van der Waals surface area contributed by atoms with Crippen molar-refractivity contribution in [1.29, 1.82) is 0 Å². The van der Waals surface area contributed by atoms with E-state index in [9.17, 15) is 31.9 Å². The van der Waals surface area contributed by atoms with Gasteiger partial charge in [-0.3, -0.25) is 14.4 Å². The Hall–Kier alpha value is -3.05. The summed E-state index contributed by atoms with van der Waals surface area (Å²) in [6.45, 7) is 2.10. The number of benzene rings is 2. The fraction of sp³-hybridized carbons (Fsp3) is 0.444. The van der Waals surface area contributed by atoms with E-state index in [2.05, 4.69) is 16.0 Å². The van der Waals surface area contributed by atoms with Crippen LogP contribution in [-0.4, -0.2) is 43.2 Å². The van der Waals surface area contributed by atoms with Crippen molar-refractivity contribution in [2.45, 2.75) is 52.5 Å². The van der Waals surface area contributed by atoms with Gasteiger partial charge in [0.25, 0.3) is 24.2 Å². The summed E-state index contributed by atoms with van der Waals surface area (Å²) in [7, 11) is 0. The van der Waals surface area contributed by atoms with Crippen LogP contribution in [0.2, 0.25) is 10.0 Å². The van der Waals surface area contributed by atoms with Crippen LogP contribution in [0.4, 0.5) is 23.2 Å². The summed E-state index contributed by atoms with van der Waals surface area (Å²) < 4.78 is 58.2. The molecule has 7 nitrogen and oxygen atoms in total. The average Bonchev–Trinajstić information content (AvgIpc) is 3.69. The number of amides is 3. The van der Waals surface area contributed by atoms with E-state index in [0.717, 1.165) is 26.7 Å². The summed E-state index contributed by atoms with van der Waals surface area (Å²) in [5, 5.41) is 7.54. The molecule has 0 aromatic heterocycles. The van der Waals surface area contributed by atoms with E-state index < -0.39 is 42.1 Å². The second kappa shape index (κ2) is 12.6. The van der Waals surface area contributed by atoms with E-state index in [1.165, 1.54) is 30.3 Å². The van der Waals surface area contributed by atoms with E-state index in [1.807, 2.05) is 0 Å². The van der Waals surface area contributed by atoms with Crippen molar-refractivity contribution in [2.75, 3.05) is 18.5 Å². The molecular formula is C27H29Cl2F4N3O4. The molecule has 40 heavy (non-hydrogen) atoms. The quantitative estimate of drug-likeness (QED) is 0.246. The van der Waals surface area contributed by atoms with Gasteiger partial charge in [0.2, 0.25) is 5.91 Å². The van der Waals surface area contributed by atoms with E-state index in [-0.39, 0.29) is 44.7 Å². The molecule has 2 aromatic carbocycles. The van der Waals surface area contributed by atoms with Gasteiger partial charge in [0, 0.05) is 25.7 Å². The van der Waals surface area contributed by atoms with Gasteiger partial charge < -0.3 is 20.7 Å². The second-order valence-corrected chi connectivity index (χ2v) is 10.9. The lowest BCUT2D eigenvalue weighted by atomic mass is 9.85. The number of nitrogens with one attached hydrogen (secondary N) is 3. The molecule has 13 heteroatoms. The minimum atomic E-state index is -3.29. The molecule has 1 saturated carbocycles. The molecule has 3 amide bonds. The van der Waals surface area contributed by atoms with Crippen molar-refractivity contribution >= 4 is 46.6 Å². The average molecular weight is 606 g/mol. The molecule has 218 valence electrons. The molecule has 3 rings (SSSR count). The Kier molecular flexibility index (Phi) is 9.94. The largest absolute Gasteiger partial charge is 0.487 e. The summed E-state index contributed by atoms with van der Waals surface area (Å²) in [5.74, 6) is -5.25. The number of rotatable bonds is 12. The Labute approximate surface area is 238 Å². The van der Waals surface area contributed by atoms with Gasteiger partial charge in [0.15, 0.2) is 0 Å². The molecule has 1 aliphatic rings. The molecule has 0 atom stereocenters. The SMILES string of the molecule is CC(F)(F)C(C)(C)C(=O)NCc1ccc(Cl)c(C(=O)Nc2ccc(OCC(F)F)c(C(=O)NCC3CC3)c2)c1Cl. The van der Waals surface area contributed by atoms with Crippen molar-refractivity contribution < 1.29 is 36.7 Å². The van der Waals surface area contributed by atoms with E-state index in [1.54, 1.807) is 0 Å². The fourth-order valence-electron chi connectivity index (χ4n) is 3.45. The number of anilines is 1. The summed E-state index contributed by atoms with van der Waals surface area (Å²) in [6.07, 6.45) is -0.788. The maximum atomic E-state index is 13.8. The highest BCUT2D eigenvalue weighted by Gasteiger charge is 2.47. The number of hydrogen-bond acceptors (Lipinski definition) is 4. The molecule has 0 saturated heterocycles. The second-order valence-electron chi connectivity index (χ2n) is 10.1. The molecule has 1 aliphatic carbocycles. The van der Waals surface area contributed by atoms with Gasteiger partial charge >= 0.3 is 0 Å². The summed E-state index contributed by atoms with van der Waals surface area (Å²) in [6, 6.07) is 6.72. The van der Waals surface area contributed by atoms with Crippen molar-refractivity contribution in [2.24, 2.45) is 11.3 Å². The first-order chi connectivity index (χ1) is 18.6. The highest BCUT2D eigenvalue weighted by atomic mass is 35.5. The Balaban J connectivity index is 1.80.